The van der Waals surface area contributed by atoms with E-state index in [-0.39, 0.29) is 24.0 Å². The molecule has 2 rings (SSSR count). The van der Waals surface area contributed by atoms with E-state index in [2.05, 4.69) is 63.3 Å². The van der Waals surface area contributed by atoms with Crippen LogP contribution in [0.1, 0.15) is 44.5 Å². The van der Waals surface area contributed by atoms with Gasteiger partial charge in [0.1, 0.15) is 5.82 Å². The highest BCUT2D eigenvalue weighted by atomic mass is 127. The van der Waals surface area contributed by atoms with E-state index >= 15 is 0 Å². The molecule has 6 heteroatoms. The van der Waals surface area contributed by atoms with Crippen molar-refractivity contribution >= 4 is 29.9 Å². The molecule has 0 amide bonds. The van der Waals surface area contributed by atoms with Gasteiger partial charge in [-0.05, 0) is 18.9 Å². The molecule has 0 unspecified atom stereocenters. The van der Waals surface area contributed by atoms with Crippen molar-refractivity contribution in [2.45, 2.75) is 46.1 Å². The molecule has 1 aromatic carbocycles. The molecule has 2 aromatic rings. The summed E-state index contributed by atoms with van der Waals surface area (Å²) in [5.41, 5.74) is 1.29. The van der Waals surface area contributed by atoms with Gasteiger partial charge in [-0.25, -0.2) is 4.98 Å². The lowest BCUT2D eigenvalue weighted by molar-refractivity contribution is 0.689. The zero-order valence-electron chi connectivity index (χ0n) is 15.9. The van der Waals surface area contributed by atoms with Crippen LogP contribution in [0.2, 0.25) is 0 Å². The lowest BCUT2D eigenvalue weighted by Gasteiger charge is -2.12. The first kappa shape index (κ1) is 22.5. The van der Waals surface area contributed by atoms with Crippen molar-refractivity contribution in [1.82, 2.24) is 20.2 Å². The van der Waals surface area contributed by atoms with Crippen molar-refractivity contribution in [2.24, 2.45) is 4.99 Å². The predicted molar refractivity (Wildman–Crippen MR) is 120 cm³/mol. The first-order chi connectivity index (χ1) is 12.3. The standard InChI is InChI=1S/C20H31N5.HI/c1-3-5-9-13-23-20(21-4-2)24-14-12-19-22-15-16-25(19)17-18-10-7-6-8-11-18;/h6-8,10-11,15-16H,3-5,9,12-14,17H2,1-2H3,(H2,21,23,24);1H. The Hall–Kier alpha value is -1.57. The fourth-order valence-corrected chi connectivity index (χ4v) is 2.68. The second kappa shape index (κ2) is 13.6. The Balaban J connectivity index is 0.00000338. The molecule has 0 saturated carbocycles. The van der Waals surface area contributed by atoms with E-state index in [0.717, 1.165) is 50.8 Å². The number of aromatic nitrogens is 2. The summed E-state index contributed by atoms with van der Waals surface area (Å²) in [6.45, 7) is 7.75. The lowest BCUT2D eigenvalue weighted by Crippen LogP contribution is -2.38. The van der Waals surface area contributed by atoms with Gasteiger partial charge >= 0.3 is 0 Å². The summed E-state index contributed by atoms with van der Waals surface area (Å²) in [7, 11) is 0. The Morgan fingerprint density at radius 1 is 1.12 bits per heavy atom. The highest BCUT2D eigenvalue weighted by Gasteiger charge is 2.04. The van der Waals surface area contributed by atoms with Crippen LogP contribution in [0.3, 0.4) is 0 Å². The number of halogens is 1. The Morgan fingerprint density at radius 2 is 1.92 bits per heavy atom. The van der Waals surface area contributed by atoms with E-state index < -0.39 is 0 Å². The van der Waals surface area contributed by atoms with Crippen LogP contribution < -0.4 is 10.6 Å². The minimum atomic E-state index is 0. The minimum Gasteiger partial charge on any atom is -0.357 e. The van der Waals surface area contributed by atoms with Crippen molar-refractivity contribution in [3.05, 3.63) is 54.1 Å². The number of rotatable bonds is 10. The zero-order chi connectivity index (χ0) is 17.7. The first-order valence-electron chi connectivity index (χ1n) is 9.39. The van der Waals surface area contributed by atoms with Crippen LogP contribution in [0.15, 0.2) is 47.7 Å². The van der Waals surface area contributed by atoms with Gasteiger partial charge in [0, 0.05) is 45.0 Å². The number of guanidine groups is 1. The molecule has 0 aliphatic rings. The molecular formula is C20H32IN5. The molecule has 1 aromatic heterocycles. The summed E-state index contributed by atoms with van der Waals surface area (Å²) in [4.78, 5) is 9.13. The number of hydrogen-bond donors (Lipinski definition) is 2. The van der Waals surface area contributed by atoms with E-state index in [9.17, 15) is 0 Å². The largest absolute Gasteiger partial charge is 0.357 e. The third kappa shape index (κ3) is 8.21. The topological polar surface area (TPSA) is 54.2 Å². The molecule has 0 saturated heterocycles. The first-order valence-corrected chi connectivity index (χ1v) is 9.39. The molecule has 0 aliphatic carbocycles. The normalized spacial score (nSPS) is 11.1. The molecule has 26 heavy (non-hydrogen) atoms. The Morgan fingerprint density at radius 3 is 2.65 bits per heavy atom. The molecule has 144 valence electrons. The summed E-state index contributed by atoms with van der Waals surface area (Å²) in [6.07, 6.45) is 8.41. The number of unbranched alkanes of at least 4 members (excludes halogenated alkanes) is 2. The number of imidazole rings is 1. The fraction of sp³-hybridized carbons (Fsp3) is 0.500. The molecule has 0 bridgehead atoms. The number of hydrogen-bond acceptors (Lipinski definition) is 2. The average Bonchev–Trinajstić information content (AvgIpc) is 3.06. The fourth-order valence-electron chi connectivity index (χ4n) is 2.68. The van der Waals surface area contributed by atoms with E-state index in [1.165, 1.54) is 18.4 Å². The Bertz CT molecular complexity index is 624. The number of nitrogens with one attached hydrogen (secondary N) is 2. The maximum atomic E-state index is 4.63. The minimum absolute atomic E-state index is 0. The van der Waals surface area contributed by atoms with Crippen molar-refractivity contribution in [3.63, 3.8) is 0 Å². The molecule has 5 nitrogen and oxygen atoms in total. The smallest absolute Gasteiger partial charge is 0.191 e. The van der Waals surface area contributed by atoms with Crippen LogP contribution in [0, 0.1) is 0 Å². The van der Waals surface area contributed by atoms with E-state index in [4.69, 9.17) is 0 Å². The Kier molecular flexibility index (Phi) is 11.8. The second-order valence-corrected chi connectivity index (χ2v) is 6.10. The van der Waals surface area contributed by atoms with Crippen LogP contribution >= 0.6 is 24.0 Å². The van der Waals surface area contributed by atoms with Crippen LogP contribution in [-0.4, -0.2) is 35.1 Å². The monoisotopic (exact) mass is 469 g/mol. The van der Waals surface area contributed by atoms with Gasteiger partial charge in [-0.3, -0.25) is 4.99 Å². The number of nitrogens with zero attached hydrogens (tertiary/aromatic N) is 3. The second-order valence-electron chi connectivity index (χ2n) is 6.10. The zero-order valence-corrected chi connectivity index (χ0v) is 18.3. The molecule has 1 heterocycles. The number of aliphatic imine (C=N–C) groups is 1. The lowest BCUT2D eigenvalue weighted by atomic mass is 10.2. The van der Waals surface area contributed by atoms with Gasteiger partial charge in [-0.1, -0.05) is 50.1 Å². The van der Waals surface area contributed by atoms with Crippen LogP contribution in [0.4, 0.5) is 0 Å². The van der Waals surface area contributed by atoms with Crippen LogP contribution in [0.25, 0.3) is 0 Å². The molecule has 0 atom stereocenters. The van der Waals surface area contributed by atoms with Gasteiger partial charge in [0.15, 0.2) is 5.96 Å². The highest BCUT2D eigenvalue weighted by molar-refractivity contribution is 14.0. The number of benzene rings is 1. The highest BCUT2D eigenvalue weighted by Crippen LogP contribution is 2.05. The third-order valence-electron chi connectivity index (χ3n) is 4.01. The summed E-state index contributed by atoms with van der Waals surface area (Å²) >= 11 is 0. The SMILES string of the molecule is CCCCCN=C(NCC)NCCc1nccn1Cc1ccccc1.I. The summed E-state index contributed by atoms with van der Waals surface area (Å²) in [5.74, 6) is 2.00. The Labute approximate surface area is 174 Å². The summed E-state index contributed by atoms with van der Waals surface area (Å²) < 4.78 is 2.21. The molecular weight excluding hydrogens is 437 g/mol. The quantitative estimate of drug-likeness (QED) is 0.241. The van der Waals surface area contributed by atoms with E-state index in [1.807, 2.05) is 18.5 Å². The van der Waals surface area contributed by atoms with Gasteiger partial charge in [0.25, 0.3) is 0 Å². The van der Waals surface area contributed by atoms with Crippen LogP contribution in [0.5, 0.6) is 0 Å². The third-order valence-corrected chi connectivity index (χ3v) is 4.01. The molecule has 0 radical (unpaired) electrons. The maximum Gasteiger partial charge on any atom is 0.191 e. The van der Waals surface area contributed by atoms with Crippen LogP contribution in [-0.2, 0) is 13.0 Å². The van der Waals surface area contributed by atoms with Gasteiger partial charge < -0.3 is 15.2 Å². The van der Waals surface area contributed by atoms with E-state index in [0.29, 0.717) is 0 Å². The molecule has 0 fully saturated rings. The summed E-state index contributed by atoms with van der Waals surface area (Å²) in [5, 5.41) is 6.72. The van der Waals surface area contributed by atoms with Crippen molar-refractivity contribution in [2.75, 3.05) is 19.6 Å². The van der Waals surface area contributed by atoms with Gasteiger partial charge in [0.2, 0.25) is 0 Å². The van der Waals surface area contributed by atoms with Crippen molar-refractivity contribution in [1.29, 1.82) is 0 Å². The van der Waals surface area contributed by atoms with Gasteiger partial charge in [-0.2, -0.15) is 0 Å². The van der Waals surface area contributed by atoms with Crippen molar-refractivity contribution < 1.29 is 0 Å². The molecule has 0 spiro atoms. The maximum absolute atomic E-state index is 4.63. The van der Waals surface area contributed by atoms with Crippen molar-refractivity contribution in [3.8, 4) is 0 Å². The predicted octanol–water partition coefficient (Wildman–Crippen LogP) is 3.84. The summed E-state index contributed by atoms with van der Waals surface area (Å²) in [6, 6.07) is 10.5. The molecule has 0 aliphatic heterocycles. The van der Waals surface area contributed by atoms with Gasteiger partial charge in [-0.15, -0.1) is 24.0 Å². The molecule has 2 N–H and O–H groups in total. The van der Waals surface area contributed by atoms with Gasteiger partial charge in [0.05, 0.1) is 0 Å². The van der Waals surface area contributed by atoms with E-state index in [1.54, 1.807) is 0 Å². The average molecular weight is 469 g/mol.